The molecule has 7 heteroatoms. The first kappa shape index (κ1) is 25.2. The number of halogens is 2. The van der Waals surface area contributed by atoms with Crippen molar-refractivity contribution in [2.75, 3.05) is 45.8 Å². The van der Waals surface area contributed by atoms with Crippen molar-refractivity contribution < 1.29 is 4.79 Å². The Kier molecular flexibility index (Phi) is 9.71. The van der Waals surface area contributed by atoms with Crippen molar-refractivity contribution in [2.24, 2.45) is 11.1 Å². The van der Waals surface area contributed by atoms with Crippen LogP contribution in [-0.2, 0) is 11.3 Å². The molecular weight excluding hydrogens is 395 g/mol. The molecule has 2 aliphatic rings. The van der Waals surface area contributed by atoms with E-state index in [9.17, 15) is 4.79 Å². The van der Waals surface area contributed by atoms with Crippen molar-refractivity contribution in [3.63, 3.8) is 0 Å². The predicted octanol–water partition coefficient (Wildman–Crippen LogP) is 2.54. The molecule has 1 atom stereocenters. The van der Waals surface area contributed by atoms with Gasteiger partial charge in [0.25, 0.3) is 0 Å². The van der Waals surface area contributed by atoms with Gasteiger partial charge in [0.1, 0.15) is 0 Å². The van der Waals surface area contributed by atoms with E-state index in [4.69, 9.17) is 5.73 Å². The maximum atomic E-state index is 12.7. The molecule has 28 heavy (non-hydrogen) atoms. The number of benzene rings is 1. The molecule has 2 heterocycles. The summed E-state index contributed by atoms with van der Waals surface area (Å²) in [6.07, 6.45) is 0.977. The van der Waals surface area contributed by atoms with Crippen LogP contribution in [0.5, 0.6) is 0 Å². The molecule has 160 valence electrons. The van der Waals surface area contributed by atoms with Crippen LogP contribution in [-0.4, -0.2) is 72.5 Å². The van der Waals surface area contributed by atoms with Gasteiger partial charge >= 0.3 is 0 Å². The second-order valence-electron chi connectivity index (χ2n) is 8.68. The Morgan fingerprint density at radius 2 is 1.71 bits per heavy atom. The number of aryl methyl sites for hydroxylation is 1. The van der Waals surface area contributed by atoms with Crippen molar-refractivity contribution in [3.8, 4) is 0 Å². The fraction of sp³-hybridized carbons (Fsp3) is 0.667. The molecule has 1 amide bonds. The van der Waals surface area contributed by atoms with Crippen LogP contribution in [0.2, 0.25) is 0 Å². The molecule has 0 spiro atoms. The van der Waals surface area contributed by atoms with E-state index < -0.39 is 0 Å². The predicted molar refractivity (Wildman–Crippen MR) is 120 cm³/mol. The van der Waals surface area contributed by atoms with Crippen LogP contribution < -0.4 is 5.73 Å². The van der Waals surface area contributed by atoms with Crippen molar-refractivity contribution in [1.82, 2.24) is 14.7 Å². The average molecular weight is 431 g/mol. The number of hydrogen-bond acceptors (Lipinski definition) is 4. The molecule has 0 radical (unpaired) electrons. The summed E-state index contributed by atoms with van der Waals surface area (Å²) in [5.41, 5.74) is 9.03. The van der Waals surface area contributed by atoms with Crippen molar-refractivity contribution in [1.29, 1.82) is 0 Å². The minimum Gasteiger partial charge on any atom is -0.339 e. The highest BCUT2D eigenvalue weighted by atomic mass is 35.5. The van der Waals surface area contributed by atoms with Gasteiger partial charge in [0, 0.05) is 51.9 Å². The van der Waals surface area contributed by atoms with Crippen LogP contribution >= 0.6 is 24.8 Å². The summed E-state index contributed by atoms with van der Waals surface area (Å²) in [6.45, 7) is 13.5. The maximum absolute atomic E-state index is 12.7. The summed E-state index contributed by atoms with van der Waals surface area (Å²) in [5.74, 6) is 0.270. The monoisotopic (exact) mass is 430 g/mol. The van der Waals surface area contributed by atoms with Crippen molar-refractivity contribution >= 4 is 30.7 Å². The molecule has 1 unspecified atom stereocenters. The number of carbonyl (C=O) groups is 1. The lowest BCUT2D eigenvalue weighted by molar-refractivity contribution is -0.135. The van der Waals surface area contributed by atoms with Crippen LogP contribution in [0.15, 0.2) is 24.3 Å². The van der Waals surface area contributed by atoms with Crippen LogP contribution in [0.3, 0.4) is 0 Å². The van der Waals surface area contributed by atoms with Gasteiger partial charge in [-0.05, 0) is 29.9 Å². The summed E-state index contributed by atoms with van der Waals surface area (Å²) in [7, 11) is 0. The van der Waals surface area contributed by atoms with Gasteiger partial charge in [-0.2, -0.15) is 0 Å². The highest BCUT2D eigenvalue weighted by molar-refractivity contribution is 5.85. The first-order chi connectivity index (χ1) is 12.3. The van der Waals surface area contributed by atoms with Crippen molar-refractivity contribution in [3.05, 3.63) is 35.4 Å². The lowest BCUT2D eigenvalue weighted by Crippen LogP contribution is -2.56. The number of carbonyl (C=O) groups excluding carboxylic acids is 1. The third kappa shape index (κ3) is 6.33. The molecule has 0 bridgehead atoms. The lowest BCUT2D eigenvalue weighted by Gasteiger charge is -2.43. The minimum atomic E-state index is 0. The topological polar surface area (TPSA) is 52.8 Å². The Morgan fingerprint density at radius 3 is 2.32 bits per heavy atom. The number of amides is 1. The molecule has 2 saturated heterocycles. The van der Waals surface area contributed by atoms with Gasteiger partial charge in [0.15, 0.2) is 0 Å². The Bertz CT molecular complexity index is 633. The van der Waals surface area contributed by atoms with Gasteiger partial charge in [-0.3, -0.25) is 14.6 Å². The Labute approximate surface area is 182 Å². The Morgan fingerprint density at radius 1 is 1.07 bits per heavy atom. The number of nitrogens with two attached hydrogens (primary N) is 1. The Balaban J connectivity index is 0.00000196. The molecular formula is C21H36Cl2N4O. The molecule has 5 nitrogen and oxygen atoms in total. The zero-order valence-corrected chi connectivity index (χ0v) is 19.0. The van der Waals surface area contributed by atoms with E-state index in [0.717, 1.165) is 52.2 Å². The number of piperazine rings is 1. The van der Waals surface area contributed by atoms with E-state index in [0.29, 0.717) is 6.54 Å². The largest absolute Gasteiger partial charge is 0.339 e. The number of rotatable bonds is 4. The first-order valence-corrected chi connectivity index (χ1v) is 9.88. The number of nitrogens with zero attached hydrogens (tertiary/aromatic N) is 3. The maximum Gasteiger partial charge on any atom is 0.236 e. The summed E-state index contributed by atoms with van der Waals surface area (Å²) in [5, 5.41) is 0. The Hall–Kier alpha value is -0.850. The average Bonchev–Trinajstić information content (AvgIpc) is 2.60. The quantitative estimate of drug-likeness (QED) is 0.796. The normalized spacial score (nSPS) is 22.9. The van der Waals surface area contributed by atoms with Gasteiger partial charge in [0.05, 0.1) is 6.54 Å². The number of likely N-dealkylation sites (tertiary alicyclic amines) is 1. The fourth-order valence-corrected chi connectivity index (χ4v) is 4.10. The van der Waals surface area contributed by atoms with Gasteiger partial charge in [-0.15, -0.1) is 24.8 Å². The standard InChI is InChI=1S/C21H34N4O.2ClH/c1-17-6-4-5-7-18(17)14-23-10-12-25(13-11-23)20(26)15-24-9-8-19(22)21(2,3)16-24;;/h4-7,19H,8-16,22H2,1-3H3;2*1H. The highest BCUT2D eigenvalue weighted by Crippen LogP contribution is 2.27. The third-order valence-corrected chi connectivity index (χ3v) is 6.13. The second-order valence-corrected chi connectivity index (χ2v) is 8.68. The van der Waals surface area contributed by atoms with Gasteiger partial charge < -0.3 is 10.6 Å². The van der Waals surface area contributed by atoms with Crippen LogP contribution in [0.1, 0.15) is 31.4 Å². The molecule has 2 N–H and O–H groups in total. The van der Waals surface area contributed by atoms with E-state index in [1.807, 2.05) is 4.90 Å². The zero-order valence-electron chi connectivity index (χ0n) is 17.4. The highest BCUT2D eigenvalue weighted by Gasteiger charge is 2.34. The zero-order chi connectivity index (χ0) is 18.7. The molecule has 1 aromatic carbocycles. The van der Waals surface area contributed by atoms with Crippen LogP contribution in [0.4, 0.5) is 0 Å². The molecule has 3 rings (SSSR count). The number of hydrogen-bond donors (Lipinski definition) is 1. The molecule has 0 aliphatic carbocycles. The van der Waals surface area contributed by atoms with Gasteiger partial charge in [-0.25, -0.2) is 0 Å². The first-order valence-electron chi connectivity index (χ1n) is 9.88. The second kappa shape index (κ2) is 10.8. The van der Waals surface area contributed by atoms with Gasteiger partial charge in [-0.1, -0.05) is 38.1 Å². The fourth-order valence-electron chi connectivity index (χ4n) is 4.10. The van der Waals surface area contributed by atoms with E-state index in [1.54, 1.807) is 0 Å². The molecule has 1 aromatic rings. The molecule has 2 fully saturated rings. The third-order valence-electron chi connectivity index (χ3n) is 6.13. The smallest absolute Gasteiger partial charge is 0.236 e. The van der Waals surface area contributed by atoms with Gasteiger partial charge in [0.2, 0.25) is 5.91 Å². The van der Waals surface area contributed by atoms with E-state index in [1.165, 1.54) is 11.1 Å². The lowest BCUT2D eigenvalue weighted by atomic mass is 9.80. The van der Waals surface area contributed by atoms with Crippen LogP contribution in [0.25, 0.3) is 0 Å². The summed E-state index contributed by atoms with van der Waals surface area (Å²) >= 11 is 0. The van der Waals surface area contributed by atoms with E-state index >= 15 is 0 Å². The minimum absolute atomic E-state index is 0. The molecule has 2 aliphatic heterocycles. The summed E-state index contributed by atoms with van der Waals surface area (Å²) in [4.78, 5) is 19.5. The van der Waals surface area contributed by atoms with Crippen LogP contribution in [0, 0.1) is 12.3 Å². The SMILES string of the molecule is Cc1ccccc1CN1CCN(C(=O)CN2CCC(N)C(C)(C)C2)CC1.Cl.Cl. The number of piperidine rings is 1. The van der Waals surface area contributed by atoms with Crippen molar-refractivity contribution in [2.45, 2.75) is 39.8 Å². The molecule has 0 aromatic heterocycles. The van der Waals surface area contributed by atoms with E-state index in [-0.39, 0.29) is 42.2 Å². The van der Waals surface area contributed by atoms with E-state index in [2.05, 4.69) is 54.8 Å². The molecule has 0 saturated carbocycles. The summed E-state index contributed by atoms with van der Waals surface area (Å²) in [6, 6.07) is 8.80. The summed E-state index contributed by atoms with van der Waals surface area (Å²) < 4.78 is 0.